The number of rotatable bonds is 3. The molecule has 8 heteroatoms. The van der Waals surface area contributed by atoms with Crippen molar-refractivity contribution in [2.45, 2.75) is 6.04 Å². The van der Waals surface area contributed by atoms with E-state index in [4.69, 9.17) is 33.0 Å². The molecule has 4 rings (SSSR count). The summed E-state index contributed by atoms with van der Waals surface area (Å²) >= 11 is 11.3. The van der Waals surface area contributed by atoms with Crippen LogP contribution in [0.4, 0.5) is 0 Å². The molecule has 6 nitrogen and oxygen atoms in total. The third-order valence-corrected chi connectivity index (χ3v) is 5.06. The van der Waals surface area contributed by atoms with Crippen LogP contribution < -0.4 is 16.3 Å². The van der Waals surface area contributed by atoms with E-state index in [0.717, 1.165) is 5.56 Å². The molecule has 0 saturated heterocycles. The number of ether oxygens (including phenoxy) is 1. The second-order valence-electron chi connectivity index (χ2n) is 6.35. The number of benzene rings is 2. The minimum atomic E-state index is -0.630. The van der Waals surface area contributed by atoms with Crippen LogP contribution in [0.25, 0.3) is 16.7 Å². The molecule has 0 unspecified atom stereocenters. The number of carbonyl (C=O) groups is 1. The first-order chi connectivity index (χ1) is 14.0. The van der Waals surface area contributed by atoms with Crippen LogP contribution >= 0.6 is 23.8 Å². The molecule has 0 bridgehead atoms. The first-order valence-electron chi connectivity index (χ1n) is 8.66. The normalized spacial score (nSPS) is 16.3. The molecular weight excluding hydrogens is 412 g/mol. The lowest BCUT2D eigenvalue weighted by Crippen LogP contribution is -2.45. The van der Waals surface area contributed by atoms with Crippen molar-refractivity contribution in [3.8, 4) is 0 Å². The number of nitrogens with one attached hydrogen (secondary N) is 2. The van der Waals surface area contributed by atoms with Gasteiger partial charge in [0.1, 0.15) is 5.58 Å². The lowest BCUT2D eigenvalue weighted by Gasteiger charge is -2.30. The minimum Gasteiger partial charge on any atom is -0.466 e. The van der Waals surface area contributed by atoms with E-state index in [1.54, 1.807) is 42.5 Å². The molecular formula is C21H15ClN2O4S. The van der Waals surface area contributed by atoms with Crippen molar-refractivity contribution < 1.29 is 13.9 Å². The third-order valence-electron chi connectivity index (χ3n) is 4.59. The maximum atomic E-state index is 12.7. The van der Waals surface area contributed by atoms with Gasteiger partial charge < -0.3 is 19.8 Å². The Morgan fingerprint density at radius 3 is 2.62 bits per heavy atom. The Balaban J connectivity index is 1.97. The monoisotopic (exact) mass is 426 g/mol. The number of thiocarbonyl (C=S) groups is 1. The second kappa shape index (κ2) is 7.69. The summed E-state index contributed by atoms with van der Waals surface area (Å²) in [7, 11) is 1.28. The van der Waals surface area contributed by atoms with Crippen molar-refractivity contribution in [3.63, 3.8) is 0 Å². The molecule has 0 spiro atoms. The lowest BCUT2D eigenvalue weighted by molar-refractivity contribution is -0.136. The van der Waals surface area contributed by atoms with Crippen LogP contribution in [-0.4, -0.2) is 18.2 Å². The number of hydrogen-bond acceptors (Lipinski definition) is 5. The van der Waals surface area contributed by atoms with Gasteiger partial charge in [0, 0.05) is 10.4 Å². The summed E-state index contributed by atoms with van der Waals surface area (Å²) in [5.74, 6) is -0.602. The number of esters is 1. The fourth-order valence-corrected chi connectivity index (χ4v) is 3.59. The molecule has 1 aliphatic rings. The SMILES string of the molecule is COC(=O)C1=C(c2cc3ccccc3oc2=O)NC(=S)N[C@@H]1c1ccc(Cl)cc1. The maximum Gasteiger partial charge on any atom is 0.345 e. The topological polar surface area (TPSA) is 80.6 Å². The van der Waals surface area contributed by atoms with Crippen LogP contribution in [0.15, 0.2) is 69.4 Å². The van der Waals surface area contributed by atoms with Crippen LogP contribution in [0.5, 0.6) is 0 Å². The lowest BCUT2D eigenvalue weighted by atomic mass is 9.93. The highest BCUT2D eigenvalue weighted by atomic mass is 35.5. The molecule has 0 amide bonds. The number of hydrogen-bond donors (Lipinski definition) is 2. The molecule has 0 fully saturated rings. The number of halogens is 1. The molecule has 0 radical (unpaired) electrons. The maximum absolute atomic E-state index is 12.7. The molecule has 1 atom stereocenters. The van der Waals surface area contributed by atoms with E-state index in [2.05, 4.69) is 10.6 Å². The van der Waals surface area contributed by atoms with Crippen molar-refractivity contribution in [3.05, 3.63) is 86.7 Å². The average molecular weight is 427 g/mol. The first kappa shape index (κ1) is 19.2. The Morgan fingerprint density at radius 2 is 1.90 bits per heavy atom. The third kappa shape index (κ3) is 3.62. The number of methoxy groups -OCH3 is 1. The second-order valence-corrected chi connectivity index (χ2v) is 7.19. The van der Waals surface area contributed by atoms with Gasteiger partial charge in [0.2, 0.25) is 0 Å². The summed E-state index contributed by atoms with van der Waals surface area (Å²) in [5, 5.41) is 7.53. The van der Waals surface area contributed by atoms with E-state index >= 15 is 0 Å². The van der Waals surface area contributed by atoms with Crippen LogP contribution in [0.3, 0.4) is 0 Å². The van der Waals surface area contributed by atoms with Crippen molar-refractivity contribution in [2.75, 3.05) is 7.11 Å². The first-order valence-corrected chi connectivity index (χ1v) is 9.45. The fourth-order valence-electron chi connectivity index (χ4n) is 3.25. The van der Waals surface area contributed by atoms with Gasteiger partial charge in [-0.3, -0.25) is 0 Å². The quantitative estimate of drug-likeness (QED) is 0.376. The molecule has 29 heavy (non-hydrogen) atoms. The van der Waals surface area contributed by atoms with Gasteiger partial charge in [-0.1, -0.05) is 41.9 Å². The average Bonchev–Trinajstić information content (AvgIpc) is 2.72. The van der Waals surface area contributed by atoms with Gasteiger partial charge >= 0.3 is 11.6 Å². The van der Waals surface area contributed by atoms with E-state index in [-0.39, 0.29) is 21.9 Å². The predicted molar refractivity (Wildman–Crippen MR) is 114 cm³/mol. The number of fused-ring (bicyclic) bond motifs is 1. The molecule has 0 aliphatic carbocycles. The molecule has 1 aromatic heterocycles. The van der Waals surface area contributed by atoms with Gasteiger partial charge in [0.15, 0.2) is 5.11 Å². The number of para-hydroxylation sites is 1. The molecule has 0 saturated carbocycles. The molecule has 3 aromatic rings. The van der Waals surface area contributed by atoms with Crippen molar-refractivity contribution in [2.24, 2.45) is 0 Å². The Bertz CT molecular complexity index is 1220. The predicted octanol–water partition coefficient (Wildman–Crippen LogP) is 3.55. The van der Waals surface area contributed by atoms with Gasteiger partial charge in [-0.25, -0.2) is 9.59 Å². The Hall–Kier alpha value is -3.16. The summed E-state index contributed by atoms with van der Waals surface area (Å²) < 4.78 is 10.4. The molecule has 2 aromatic carbocycles. The van der Waals surface area contributed by atoms with E-state index in [0.29, 0.717) is 16.0 Å². The Kier molecular flexibility index (Phi) is 5.08. The van der Waals surface area contributed by atoms with Gasteiger partial charge in [-0.05, 0) is 42.0 Å². The van der Waals surface area contributed by atoms with Crippen molar-refractivity contribution in [1.82, 2.24) is 10.6 Å². The molecule has 1 aliphatic heterocycles. The highest BCUT2D eigenvalue weighted by Crippen LogP contribution is 2.32. The van der Waals surface area contributed by atoms with Gasteiger partial charge in [-0.15, -0.1) is 0 Å². The van der Waals surface area contributed by atoms with Crippen LogP contribution in [0.1, 0.15) is 17.2 Å². The summed E-state index contributed by atoms with van der Waals surface area (Å²) in [6.45, 7) is 0. The smallest absolute Gasteiger partial charge is 0.345 e. The minimum absolute atomic E-state index is 0.187. The Morgan fingerprint density at radius 1 is 1.17 bits per heavy atom. The van der Waals surface area contributed by atoms with E-state index in [9.17, 15) is 9.59 Å². The summed E-state index contributed by atoms with van der Waals surface area (Å²) in [4.78, 5) is 25.4. The molecule has 146 valence electrons. The standard InChI is InChI=1S/C21H15ClN2O4S/c1-27-20(26)16-17(11-6-8-13(22)9-7-11)23-21(29)24-18(16)14-10-12-4-2-3-5-15(12)28-19(14)25/h2-10,17H,1H3,(H2,23,24,29)/t17-/m1/s1. The highest BCUT2D eigenvalue weighted by Gasteiger charge is 2.34. The van der Waals surface area contributed by atoms with E-state index in [1.807, 2.05) is 12.1 Å². The fraction of sp³-hybridized carbons (Fsp3) is 0.0952. The van der Waals surface area contributed by atoms with Crippen molar-refractivity contribution in [1.29, 1.82) is 0 Å². The van der Waals surface area contributed by atoms with Crippen LogP contribution in [0.2, 0.25) is 5.02 Å². The number of carbonyl (C=O) groups excluding carboxylic acids is 1. The zero-order valence-corrected chi connectivity index (χ0v) is 16.8. The zero-order chi connectivity index (χ0) is 20.5. The summed E-state index contributed by atoms with van der Waals surface area (Å²) in [6, 6.07) is 15.1. The highest BCUT2D eigenvalue weighted by molar-refractivity contribution is 7.80. The van der Waals surface area contributed by atoms with Gasteiger partial charge in [-0.2, -0.15) is 0 Å². The molecule has 2 heterocycles. The summed E-state index contributed by atoms with van der Waals surface area (Å²) in [6.07, 6.45) is 0. The largest absolute Gasteiger partial charge is 0.466 e. The zero-order valence-electron chi connectivity index (χ0n) is 15.2. The summed E-state index contributed by atoms with van der Waals surface area (Å²) in [5.41, 5.74) is 1.25. The van der Waals surface area contributed by atoms with Gasteiger partial charge in [0.05, 0.1) is 30.0 Å². The van der Waals surface area contributed by atoms with E-state index in [1.165, 1.54) is 7.11 Å². The van der Waals surface area contributed by atoms with E-state index < -0.39 is 17.6 Å². The van der Waals surface area contributed by atoms with Crippen LogP contribution in [-0.2, 0) is 9.53 Å². The van der Waals surface area contributed by atoms with Crippen molar-refractivity contribution >= 4 is 51.6 Å². The Labute approximate surface area is 176 Å². The van der Waals surface area contributed by atoms with Gasteiger partial charge in [0.25, 0.3) is 0 Å². The molecule has 2 N–H and O–H groups in total. The van der Waals surface area contributed by atoms with Crippen LogP contribution in [0, 0.1) is 0 Å².